The average Bonchev–Trinajstić information content (AvgIpc) is 2.35. The van der Waals surface area contributed by atoms with E-state index < -0.39 is 0 Å². The zero-order valence-electron chi connectivity index (χ0n) is 9.26. The highest BCUT2D eigenvalue weighted by molar-refractivity contribution is 5.34. The molecule has 0 saturated heterocycles. The monoisotopic (exact) mass is 211 g/mol. The van der Waals surface area contributed by atoms with E-state index in [2.05, 4.69) is 5.32 Å². The Labute approximate surface area is 90.1 Å². The summed E-state index contributed by atoms with van der Waals surface area (Å²) in [5.74, 6) is -0.264. The number of halogens is 1. The lowest BCUT2D eigenvalue weighted by Crippen LogP contribution is -2.27. The van der Waals surface area contributed by atoms with Gasteiger partial charge in [0.05, 0.1) is 5.70 Å². The van der Waals surface area contributed by atoms with E-state index in [-0.39, 0.29) is 5.83 Å². The largest absolute Gasteiger partial charge is 0.399 e. The molecule has 0 heterocycles. The lowest BCUT2D eigenvalue weighted by Gasteiger charge is -2.21. The summed E-state index contributed by atoms with van der Waals surface area (Å²) >= 11 is 0. The molecule has 0 saturated carbocycles. The molecule has 0 fully saturated rings. The van der Waals surface area contributed by atoms with Gasteiger partial charge in [0.25, 0.3) is 0 Å². The molecular formula is C11H18FN3. The predicted octanol–water partition coefficient (Wildman–Crippen LogP) is 1.12. The minimum atomic E-state index is -0.264. The molecule has 4 heteroatoms. The summed E-state index contributed by atoms with van der Waals surface area (Å²) in [6.45, 7) is 1.59. The topological polar surface area (TPSA) is 41.3 Å². The van der Waals surface area contributed by atoms with Gasteiger partial charge in [-0.1, -0.05) is 12.2 Å². The normalized spacial score (nSPS) is 16.3. The van der Waals surface area contributed by atoms with E-state index in [1.807, 2.05) is 25.1 Å². The zero-order valence-corrected chi connectivity index (χ0v) is 9.26. The maximum Gasteiger partial charge on any atom is 0.148 e. The minimum Gasteiger partial charge on any atom is -0.399 e. The van der Waals surface area contributed by atoms with E-state index in [1.165, 1.54) is 6.08 Å². The third-order valence-corrected chi connectivity index (χ3v) is 2.31. The highest BCUT2D eigenvalue weighted by Crippen LogP contribution is 2.19. The first kappa shape index (κ1) is 11.8. The van der Waals surface area contributed by atoms with Crippen LogP contribution in [-0.4, -0.2) is 32.1 Å². The Morgan fingerprint density at radius 3 is 2.93 bits per heavy atom. The maximum absolute atomic E-state index is 13.6. The van der Waals surface area contributed by atoms with Crippen molar-refractivity contribution in [2.24, 2.45) is 5.73 Å². The van der Waals surface area contributed by atoms with Crippen LogP contribution >= 0.6 is 0 Å². The van der Waals surface area contributed by atoms with Crippen LogP contribution in [0.3, 0.4) is 0 Å². The molecule has 0 aromatic heterocycles. The summed E-state index contributed by atoms with van der Waals surface area (Å²) in [7, 11) is 3.75. The molecular weight excluding hydrogens is 193 g/mol. The Balaban J connectivity index is 2.69. The van der Waals surface area contributed by atoms with Crippen LogP contribution in [-0.2, 0) is 0 Å². The van der Waals surface area contributed by atoms with Gasteiger partial charge in [-0.05, 0) is 19.5 Å². The number of nitrogens with two attached hydrogens (primary N) is 1. The molecule has 1 rings (SSSR count). The molecule has 0 unspecified atom stereocenters. The van der Waals surface area contributed by atoms with E-state index >= 15 is 0 Å². The van der Waals surface area contributed by atoms with Crippen LogP contribution in [0.25, 0.3) is 0 Å². The van der Waals surface area contributed by atoms with Gasteiger partial charge in [0.2, 0.25) is 0 Å². The fourth-order valence-electron chi connectivity index (χ4n) is 1.42. The Morgan fingerprint density at radius 2 is 2.27 bits per heavy atom. The van der Waals surface area contributed by atoms with Gasteiger partial charge in [-0.25, -0.2) is 4.39 Å². The van der Waals surface area contributed by atoms with E-state index in [4.69, 9.17) is 5.73 Å². The lowest BCUT2D eigenvalue weighted by molar-refractivity contribution is 0.398. The van der Waals surface area contributed by atoms with E-state index in [9.17, 15) is 4.39 Å². The predicted molar refractivity (Wildman–Crippen MR) is 60.7 cm³/mol. The Hall–Kier alpha value is -1.29. The first-order valence-electron chi connectivity index (χ1n) is 5.04. The molecule has 0 atom stereocenters. The van der Waals surface area contributed by atoms with Crippen molar-refractivity contribution >= 4 is 0 Å². The number of allylic oxidation sites excluding steroid dienone is 4. The van der Waals surface area contributed by atoms with Crippen molar-refractivity contribution in [2.75, 3.05) is 27.2 Å². The lowest BCUT2D eigenvalue weighted by atomic mass is 10.3. The Kier molecular flexibility index (Phi) is 4.37. The molecule has 0 radical (unpaired) electrons. The molecule has 0 bridgehead atoms. The number of hydrogen-bond acceptors (Lipinski definition) is 3. The molecule has 15 heavy (non-hydrogen) atoms. The van der Waals surface area contributed by atoms with Crippen molar-refractivity contribution in [3.8, 4) is 0 Å². The summed E-state index contributed by atoms with van der Waals surface area (Å²) in [6.07, 6.45) is 5.70. The molecule has 0 aromatic rings. The zero-order chi connectivity index (χ0) is 11.3. The highest BCUT2D eigenvalue weighted by Gasteiger charge is 2.11. The van der Waals surface area contributed by atoms with Gasteiger partial charge in [-0.15, -0.1) is 0 Å². The quantitative estimate of drug-likeness (QED) is 0.732. The Bertz CT molecular complexity index is 305. The molecule has 0 amide bonds. The van der Waals surface area contributed by atoms with Crippen LogP contribution in [0.4, 0.5) is 4.39 Å². The van der Waals surface area contributed by atoms with Crippen LogP contribution in [0, 0.1) is 0 Å². The van der Waals surface area contributed by atoms with E-state index in [0.29, 0.717) is 17.8 Å². The molecule has 3 N–H and O–H groups in total. The number of rotatable bonds is 4. The van der Waals surface area contributed by atoms with E-state index in [0.717, 1.165) is 13.1 Å². The minimum absolute atomic E-state index is 0.264. The molecule has 0 aliphatic heterocycles. The summed E-state index contributed by atoms with van der Waals surface area (Å²) in [5, 5.41) is 3.03. The second-order valence-electron chi connectivity index (χ2n) is 3.55. The van der Waals surface area contributed by atoms with Crippen molar-refractivity contribution in [3.05, 3.63) is 35.4 Å². The molecule has 0 spiro atoms. The number of nitrogens with zero attached hydrogens (tertiary/aromatic N) is 1. The van der Waals surface area contributed by atoms with E-state index in [1.54, 1.807) is 6.08 Å². The van der Waals surface area contributed by atoms with Gasteiger partial charge in [0, 0.05) is 25.8 Å². The van der Waals surface area contributed by atoms with Gasteiger partial charge in [0.15, 0.2) is 0 Å². The Morgan fingerprint density at radius 1 is 1.53 bits per heavy atom. The number of nitrogens with one attached hydrogen (secondary N) is 1. The fourth-order valence-corrected chi connectivity index (χ4v) is 1.42. The number of likely N-dealkylation sites (N-methyl/N-ethyl adjacent to an activating group) is 2. The number of hydrogen-bond donors (Lipinski definition) is 2. The second-order valence-corrected chi connectivity index (χ2v) is 3.55. The van der Waals surface area contributed by atoms with Crippen LogP contribution < -0.4 is 11.1 Å². The summed E-state index contributed by atoms with van der Waals surface area (Å²) in [5.41, 5.74) is 6.67. The highest BCUT2D eigenvalue weighted by atomic mass is 19.1. The molecule has 84 valence electrons. The SMILES string of the molecule is CNCCN(C)C1=CCC=C(N)C=C1F. The van der Waals surface area contributed by atoms with Gasteiger partial charge in [-0.2, -0.15) is 0 Å². The first-order valence-corrected chi connectivity index (χ1v) is 5.04. The van der Waals surface area contributed by atoms with Crippen molar-refractivity contribution in [1.82, 2.24) is 10.2 Å². The summed E-state index contributed by atoms with van der Waals surface area (Å²) in [4.78, 5) is 1.88. The van der Waals surface area contributed by atoms with Gasteiger partial charge in [-0.3, -0.25) is 0 Å². The van der Waals surface area contributed by atoms with Gasteiger partial charge in [0.1, 0.15) is 5.83 Å². The van der Waals surface area contributed by atoms with Crippen molar-refractivity contribution < 1.29 is 4.39 Å². The standard InChI is InChI=1S/C11H18FN3/c1-14-6-7-15(2)11-5-3-4-9(13)8-10(11)12/h4-5,8,14H,3,6-7,13H2,1-2H3. The smallest absolute Gasteiger partial charge is 0.148 e. The molecule has 1 aliphatic rings. The van der Waals surface area contributed by atoms with Crippen LogP contribution in [0.1, 0.15) is 6.42 Å². The first-order chi connectivity index (χ1) is 7.15. The van der Waals surface area contributed by atoms with Gasteiger partial charge < -0.3 is 16.0 Å². The molecule has 1 aliphatic carbocycles. The van der Waals surface area contributed by atoms with Gasteiger partial charge >= 0.3 is 0 Å². The third-order valence-electron chi connectivity index (χ3n) is 2.31. The summed E-state index contributed by atoms with van der Waals surface area (Å²) < 4.78 is 13.6. The second kappa shape index (κ2) is 5.56. The molecule has 0 aromatic carbocycles. The van der Waals surface area contributed by atoms with Crippen LogP contribution in [0.5, 0.6) is 0 Å². The van der Waals surface area contributed by atoms with Crippen molar-refractivity contribution in [2.45, 2.75) is 6.42 Å². The third kappa shape index (κ3) is 3.40. The van der Waals surface area contributed by atoms with Crippen molar-refractivity contribution in [3.63, 3.8) is 0 Å². The average molecular weight is 211 g/mol. The summed E-state index contributed by atoms with van der Waals surface area (Å²) in [6, 6.07) is 0. The van der Waals surface area contributed by atoms with Crippen molar-refractivity contribution in [1.29, 1.82) is 0 Å². The fraction of sp³-hybridized carbons (Fsp3) is 0.455. The molecule has 3 nitrogen and oxygen atoms in total. The maximum atomic E-state index is 13.6. The van der Waals surface area contributed by atoms with Crippen LogP contribution in [0.2, 0.25) is 0 Å². The van der Waals surface area contributed by atoms with Crippen LogP contribution in [0.15, 0.2) is 35.4 Å².